The van der Waals surface area contributed by atoms with Gasteiger partial charge in [-0.2, -0.15) is 0 Å². The van der Waals surface area contributed by atoms with Gasteiger partial charge in [0.05, 0.1) is 18.4 Å². The topological polar surface area (TPSA) is 65.2 Å². The van der Waals surface area contributed by atoms with E-state index in [1.165, 1.54) is 23.1 Å². The maximum absolute atomic E-state index is 13.4. The van der Waals surface area contributed by atoms with Crippen LogP contribution in [0.15, 0.2) is 42.5 Å². The number of hydrogen-bond acceptors (Lipinski definition) is 3. The molecule has 0 aliphatic carbocycles. The fourth-order valence-electron chi connectivity index (χ4n) is 3.99. The molecule has 2 unspecified atom stereocenters. The summed E-state index contributed by atoms with van der Waals surface area (Å²) in [6.45, 7) is 7.13. The number of aliphatic hydroxyl groups is 1. The molecule has 0 aromatic heterocycles. The number of amides is 3. The van der Waals surface area contributed by atoms with E-state index in [-0.39, 0.29) is 19.4 Å². The lowest BCUT2D eigenvalue weighted by molar-refractivity contribution is -0.124. The summed E-state index contributed by atoms with van der Waals surface area (Å²) in [6, 6.07) is 10.9. The molecule has 2 aromatic carbocycles. The van der Waals surface area contributed by atoms with Crippen LogP contribution < -0.4 is 4.90 Å². The smallest absolute Gasteiger partial charge is 0.332 e. The van der Waals surface area contributed by atoms with Crippen molar-refractivity contribution in [1.82, 2.24) is 4.90 Å². The van der Waals surface area contributed by atoms with E-state index in [4.69, 9.17) is 29.8 Å². The Balaban J connectivity index is 1.74. The lowest BCUT2D eigenvalue weighted by atomic mass is 9.87. The molecule has 2 saturated heterocycles. The van der Waals surface area contributed by atoms with Crippen molar-refractivity contribution in [3.05, 3.63) is 69.5 Å². The maximum atomic E-state index is 13.4. The largest absolute Gasteiger partial charge is 0.391 e. The summed E-state index contributed by atoms with van der Waals surface area (Å²) in [5, 5.41) is 10.8. The Morgan fingerprint density at radius 2 is 1.79 bits per heavy atom. The van der Waals surface area contributed by atoms with Crippen molar-refractivity contribution in [2.45, 2.75) is 24.5 Å². The van der Waals surface area contributed by atoms with Gasteiger partial charge in [-0.15, -0.1) is 0 Å². The molecule has 0 bridgehead atoms. The van der Waals surface area contributed by atoms with Crippen LogP contribution >= 0.6 is 23.2 Å². The van der Waals surface area contributed by atoms with E-state index in [1.54, 1.807) is 24.3 Å². The minimum atomic E-state index is -1.18. The summed E-state index contributed by atoms with van der Waals surface area (Å²) in [5.41, 5.74) is 0.427. The first kappa shape index (κ1) is 18.8. The molecule has 2 aliphatic heterocycles. The number of nitrogens with zero attached hydrogens (tertiary/aromatic N) is 3. The van der Waals surface area contributed by atoms with E-state index in [9.17, 15) is 14.7 Å². The SMILES string of the molecule is [C-]#[N+]c1ccc(CC23CC(O)CN2C(=O)N(c2cc(Cl)cc(Cl)c2)C3=O)cc1. The summed E-state index contributed by atoms with van der Waals surface area (Å²) < 4.78 is 0. The average molecular weight is 416 g/mol. The molecular weight excluding hydrogens is 401 g/mol. The number of aliphatic hydroxyl groups excluding tert-OH is 1. The van der Waals surface area contributed by atoms with Gasteiger partial charge in [-0.3, -0.25) is 4.79 Å². The van der Waals surface area contributed by atoms with Crippen LogP contribution in [0.2, 0.25) is 10.0 Å². The first-order valence-electron chi connectivity index (χ1n) is 8.61. The van der Waals surface area contributed by atoms with Crippen molar-refractivity contribution in [3.63, 3.8) is 0 Å². The highest BCUT2D eigenvalue weighted by Gasteiger charge is 2.62. The van der Waals surface area contributed by atoms with E-state index >= 15 is 0 Å². The predicted molar refractivity (Wildman–Crippen MR) is 106 cm³/mol. The molecule has 2 fully saturated rings. The van der Waals surface area contributed by atoms with Crippen LogP contribution in [-0.4, -0.2) is 40.1 Å². The highest BCUT2D eigenvalue weighted by molar-refractivity contribution is 6.35. The first-order chi connectivity index (χ1) is 13.3. The van der Waals surface area contributed by atoms with Gasteiger partial charge in [-0.05, 0) is 23.8 Å². The van der Waals surface area contributed by atoms with Crippen molar-refractivity contribution < 1.29 is 14.7 Å². The van der Waals surface area contributed by atoms with Crippen molar-refractivity contribution in [1.29, 1.82) is 0 Å². The maximum Gasteiger partial charge on any atom is 0.332 e. The van der Waals surface area contributed by atoms with Crippen molar-refractivity contribution in [3.8, 4) is 0 Å². The Hall–Kier alpha value is -2.59. The van der Waals surface area contributed by atoms with Crippen molar-refractivity contribution >= 4 is 46.5 Å². The first-order valence-corrected chi connectivity index (χ1v) is 9.36. The number of carbonyl (C=O) groups is 2. The van der Waals surface area contributed by atoms with Gasteiger partial charge < -0.3 is 10.0 Å². The van der Waals surface area contributed by atoms with Crippen LogP contribution in [0.4, 0.5) is 16.2 Å². The zero-order chi connectivity index (χ0) is 20.1. The third-order valence-corrected chi connectivity index (χ3v) is 5.61. The summed E-state index contributed by atoms with van der Waals surface area (Å²) >= 11 is 12.1. The molecule has 2 aromatic rings. The third-order valence-electron chi connectivity index (χ3n) is 5.17. The fourth-order valence-corrected chi connectivity index (χ4v) is 4.51. The van der Waals surface area contributed by atoms with E-state index in [2.05, 4.69) is 4.85 Å². The van der Waals surface area contributed by atoms with Crippen molar-refractivity contribution in [2.75, 3.05) is 11.4 Å². The number of anilines is 1. The molecule has 0 spiro atoms. The van der Waals surface area contributed by atoms with Gasteiger partial charge in [0.25, 0.3) is 5.91 Å². The Morgan fingerprint density at radius 1 is 1.14 bits per heavy atom. The van der Waals surface area contributed by atoms with Gasteiger partial charge in [0.15, 0.2) is 5.69 Å². The minimum Gasteiger partial charge on any atom is -0.391 e. The van der Waals surface area contributed by atoms with Crippen LogP contribution in [0.3, 0.4) is 0 Å². The van der Waals surface area contributed by atoms with Crippen molar-refractivity contribution in [2.24, 2.45) is 0 Å². The summed E-state index contributed by atoms with van der Waals surface area (Å²) in [5.74, 6) is -0.415. The number of β-amino-alcohol motifs (C(OH)–C–C–N with tert-alkyl or cyclic N) is 1. The van der Waals surface area contributed by atoms with Gasteiger partial charge in [0.2, 0.25) is 0 Å². The normalized spacial score (nSPS) is 23.9. The van der Waals surface area contributed by atoms with Gasteiger partial charge in [0.1, 0.15) is 5.54 Å². The molecule has 1 N–H and O–H groups in total. The average Bonchev–Trinajstić information content (AvgIpc) is 3.07. The second kappa shape index (κ2) is 6.78. The summed E-state index contributed by atoms with van der Waals surface area (Å²) in [4.78, 5) is 32.4. The van der Waals surface area contributed by atoms with E-state index < -0.39 is 23.6 Å². The number of hydrogen-bond donors (Lipinski definition) is 1. The van der Waals surface area contributed by atoms with E-state index in [0.29, 0.717) is 21.4 Å². The second-order valence-corrected chi connectivity index (χ2v) is 7.88. The standard InChI is InChI=1S/C20H15Cl2N3O3/c1-23-15-4-2-12(3-5-15)9-20-10-17(26)11-24(20)19(28)25(18(20)27)16-7-13(21)6-14(22)8-16/h2-8,17,26H,9-11H2. The van der Waals surface area contributed by atoms with Gasteiger partial charge in [-0.25, -0.2) is 14.5 Å². The molecule has 142 valence electrons. The number of rotatable bonds is 3. The molecular formula is C20H15Cl2N3O3. The molecule has 28 heavy (non-hydrogen) atoms. The lowest BCUT2D eigenvalue weighted by Gasteiger charge is -2.28. The van der Waals surface area contributed by atoms with Crippen LogP contribution in [0.1, 0.15) is 12.0 Å². The monoisotopic (exact) mass is 415 g/mol. The Kier molecular flexibility index (Phi) is 4.54. The zero-order valence-corrected chi connectivity index (χ0v) is 16.1. The molecule has 2 heterocycles. The molecule has 4 rings (SSSR count). The van der Waals surface area contributed by atoms with Crippen LogP contribution in [0.5, 0.6) is 0 Å². The quantitative estimate of drug-likeness (QED) is 0.607. The minimum absolute atomic E-state index is 0.0789. The van der Waals surface area contributed by atoms with Gasteiger partial charge in [0, 0.05) is 29.4 Å². The van der Waals surface area contributed by atoms with E-state index in [0.717, 1.165) is 10.5 Å². The third kappa shape index (κ3) is 2.92. The number of carbonyl (C=O) groups excluding carboxylic acids is 2. The second-order valence-electron chi connectivity index (χ2n) is 7.01. The van der Waals surface area contributed by atoms with Gasteiger partial charge in [-0.1, -0.05) is 47.5 Å². The van der Waals surface area contributed by atoms with Crippen LogP contribution in [0, 0.1) is 6.57 Å². The number of fused-ring (bicyclic) bond motifs is 1. The Labute approximate surface area is 171 Å². The summed E-state index contributed by atoms with van der Waals surface area (Å²) in [7, 11) is 0. The predicted octanol–water partition coefficient (Wildman–Crippen LogP) is 4.06. The number of urea groups is 1. The van der Waals surface area contributed by atoms with E-state index in [1.807, 2.05) is 0 Å². The number of imide groups is 1. The molecule has 2 atom stereocenters. The highest BCUT2D eigenvalue weighted by atomic mass is 35.5. The van der Waals surface area contributed by atoms with Gasteiger partial charge >= 0.3 is 6.03 Å². The molecule has 0 radical (unpaired) electrons. The molecule has 6 nitrogen and oxygen atoms in total. The number of halogens is 2. The highest BCUT2D eigenvalue weighted by Crippen LogP contribution is 2.43. The number of benzene rings is 2. The molecule has 2 aliphatic rings. The lowest BCUT2D eigenvalue weighted by Crippen LogP contribution is -2.47. The fraction of sp³-hybridized carbons (Fsp3) is 0.250. The Morgan fingerprint density at radius 3 is 2.39 bits per heavy atom. The molecule has 3 amide bonds. The molecule has 8 heteroatoms. The Bertz CT molecular complexity index is 998. The summed E-state index contributed by atoms with van der Waals surface area (Å²) in [6.07, 6.45) is -0.384. The molecule has 0 saturated carbocycles. The van der Waals surface area contributed by atoms with Crippen LogP contribution in [0.25, 0.3) is 4.85 Å². The van der Waals surface area contributed by atoms with Crippen LogP contribution in [-0.2, 0) is 11.2 Å². The zero-order valence-electron chi connectivity index (χ0n) is 14.6.